The van der Waals surface area contributed by atoms with Crippen LogP contribution in [0.4, 0.5) is 11.5 Å². The van der Waals surface area contributed by atoms with Gasteiger partial charge in [-0.2, -0.15) is 0 Å². The standard InChI is InChI=1S/C21H19ClN4O/c22-17-9-7-15(8-10-17)14-23-20-12-11-18(24-25-20)21(27)26-13-3-5-16-4-1-2-6-19(16)26/h1-2,4,6-12H,3,5,13-14H2,(H,23,25). The minimum absolute atomic E-state index is 0.112. The van der Waals surface area contributed by atoms with Crippen LogP contribution in [0.25, 0.3) is 0 Å². The zero-order chi connectivity index (χ0) is 18.6. The van der Waals surface area contributed by atoms with Crippen LogP contribution in [0, 0.1) is 0 Å². The van der Waals surface area contributed by atoms with Crippen molar-refractivity contribution in [2.45, 2.75) is 19.4 Å². The van der Waals surface area contributed by atoms with E-state index in [9.17, 15) is 4.79 Å². The van der Waals surface area contributed by atoms with Crippen LogP contribution in [-0.2, 0) is 13.0 Å². The van der Waals surface area contributed by atoms with E-state index in [4.69, 9.17) is 11.6 Å². The number of carbonyl (C=O) groups is 1. The van der Waals surface area contributed by atoms with Crippen molar-refractivity contribution in [1.29, 1.82) is 0 Å². The van der Waals surface area contributed by atoms with Gasteiger partial charge in [0.05, 0.1) is 0 Å². The maximum atomic E-state index is 12.9. The first-order chi connectivity index (χ1) is 13.2. The normalized spacial score (nSPS) is 13.1. The number of hydrogen-bond acceptors (Lipinski definition) is 4. The number of nitrogens with one attached hydrogen (secondary N) is 1. The summed E-state index contributed by atoms with van der Waals surface area (Å²) in [6, 6.07) is 19.1. The molecule has 4 rings (SSSR count). The highest BCUT2D eigenvalue weighted by Crippen LogP contribution is 2.27. The lowest BCUT2D eigenvalue weighted by molar-refractivity contribution is 0.0979. The van der Waals surface area contributed by atoms with Crippen molar-refractivity contribution >= 4 is 29.0 Å². The zero-order valence-electron chi connectivity index (χ0n) is 14.7. The molecule has 5 nitrogen and oxygen atoms in total. The number of aryl methyl sites for hydroxylation is 1. The summed E-state index contributed by atoms with van der Waals surface area (Å²) in [5.41, 5.74) is 3.61. The van der Waals surface area contributed by atoms with E-state index in [2.05, 4.69) is 21.6 Å². The van der Waals surface area contributed by atoms with Crippen molar-refractivity contribution < 1.29 is 4.79 Å². The summed E-state index contributed by atoms with van der Waals surface area (Å²) in [4.78, 5) is 14.7. The Labute approximate surface area is 163 Å². The second-order valence-electron chi connectivity index (χ2n) is 6.47. The van der Waals surface area contributed by atoms with Crippen molar-refractivity contribution in [3.63, 3.8) is 0 Å². The molecule has 3 aromatic rings. The van der Waals surface area contributed by atoms with E-state index in [0.717, 1.165) is 24.1 Å². The van der Waals surface area contributed by atoms with E-state index >= 15 is 0 Å². The Morgan fingerprint density at radius 3 is 2.63 bits per heavy atom. The monoisotopic (exact) mass is 378 g/mol. The number of carbonyl (C=O) groups excluding carboxylic acids is 1. The van der Waals surface area contributed by atoms with E-state index in [1.54, 1.807) is 17.0 Å². The molecule has 0 saturated carbocycles. The van der Waals surface area contributed by atoms with Gasteiger partial charge in [-0.25, -0.2) is 0 Å². The topological polar surface area (TPSA) is 58.1 Å². The van der Waals surface area contributed by atoms with E-state index in [1.165, 1.54) is 5.56 Å². The zero-order valence-corrected chi connectivity index (χ0v) is 15.5. The molecule has 0 radical (unpaired) electrons. The Morgan fingerprint density at radius 2 is 1.85 bits per heavy atom. The van der Waals surface area contributed by atoms with Crippen molar-refractivity contribution in [3.05, 3.63) is 82.5 Å². The van der Waals surface area contributed by atoms with Gasteiger partial charge < -0.3 is 10.2 Å². The Bertz CT molecular complexity index is 941. The quantitative estimate of drug-likeness (QED) is 0.733. The summed E-state index contributed by atoms with van der Waals surface area (Å²) in [5.74, 6) is 0.513. The van der Waals surface area contributed by atoms with Gasteiger partial charge in [0.25, 0.3) is 5.91 Å². The molecule has 0 atom stereocenters. The number of amides is 1. The number of anilines is 2. The van der Waals surface area contributed by atoms with E-state index < -0.39 is 0 Å². The first-order valence-electron chi connectivity index (χ1n) is 8.92. The predicted molar refractivity (Wildman–Crippen MR) is 107 cm³/mol. The Morgan fingerprint density at radius 1 is 1.04 bits per heavy atom. The van der Waals surface area contributed by atoms with Crippen molar-refractivity contribution in [3.8, 4) is 0 Å². The third-order valence-corrected chi connectivity index (χ3v) is 4.88. The number of aromatic nitrogens is 2. The van der Waals surface area contributed by atoms with E-state index in [-0.39, 0.29) is 5.91 Å². The minimum Gasteiger partial charge on any atom is -0.365 e. The van der Waals surface area contributed by atoms with Gasteiger partial charge in [-0.15, -0.1) is 10.2 Å². The van der Waals surface area contributed by atoms with E-state index in [0.29, 0.717) is 29.6 Å². The lowest BCUT2D eigenvalue weighted by atomic mass is 10.0. The number of nitrogens with zero attached hydrogens (tertiary/aromatic N) is 3. The van der Waals surface area contributed by atoms with E-state index in [1.807, 2.05) is 42.5 Å². The van der Waals surface area contributed by atoms with Crippen LogP contribution in [0.3, 0.4) is 0 Å². The van der Waals surface area contributed by atoms with Crippen molar-refractivity contribution in [1.82, 2.24) is 10.2 Å². The molecule has 2 heterocycles. The third-order valence-electron chi connectivity index (χ3n) is 4.63. The number of fused-ring (bicyclic) bond motifs is 1. The smallest absolute Gasteiger partial charge is 0.278 e. The van der Waals surface area contributed by atoms with Gasteiger partial charge in [-0.05, 0) is 54.3 Å². The third kappa shape index (κ3) is 3.93. The number of hydrogen-bond donors (Lipinski definition) is 1. The minimum atomic E-state index is -0.112. The summed E-state index contributed by atoms with van der Waals surface area (Å²) in [6.07, 6.45) is 1.95. The van der Waals surface area contributed by atoms with Crippen LogP contribution in [0.1, 0.15) is 28.0 Å². The summed E-state index contributed by atoms with van der Waals surface area (Å²) >= 11 is 5.89. The van der Waals surface area contributed by atoms with Gasteiger partial charge in [0.15, 0.2) is 5.69 Å². The van der Waals surface area contributed by atoms with Crippen LogP contribution >= 0.6 is 11.6 Å². The maximum Gasteiger partial charge on any atom is 0.278 e. The van der Waals surface area contributed by atoms with Gasteiger partial charge >= 0.3 is 0 Å². The van der Waals surface area contributed by atoms with Crippen LogP contribution in [-0.4, -0.2) is 22.6 Å². The second-order valence-corrected chi connectivity index (χ2v) is 6.91. The molecule has 27 heavy (non-hydrogen) atoms. The number of benzene rings is 2. The number of rotatable bonds is 4. The summed E-state index contributed by atoms with van der Waals surface area (Å²) in [6.45, 7) is 1.31. The van der Waals surface area contributed by atoms with Gasteiger partial charge in [0.2, 0.25) is 0 Å². The molecular weight excluding hydrogens is 360 g/mol. The highest BCUT2D eigenvalue weighted by atomic mass is 35.5. The lowest BCUT2D eigenvalue weighted by Crippen LogP contribution is -2.36. The molecule has 0 aliphatic carbocycles. The second kappa shape index (κ2) is 7.76. The molecular formula is C21H19ClN4O. The first-order valence-corrected chi connectivity index (χ1v) is 9.30. The molecule has 0 spiro atoms. The molecule has 1 N–H and O–H groups in total. The maximum absolute atomic E-state index is 12.9. The van der Waals surface area contributed by atoms with Crippen LogP contribution in [0.2, 0.25) is 5.02 Å². The Balaban J connectivity index is 1.44. The molecule has 0 unspecified atom stereocenters. The van der Waals surface area contributed by atoms with Crippen molar-refractivity contribution in [2.75, 3.05) is 16.8 Å². The lowest BCUT2D eigenvalue weighted by Gasteiger charge is -2.29. The fourth-order valence-corrected chi connectivity index (χ4v) is 3.34. The van der Waals surface area contributed by atoms with Crippen LogP contribution in [0.15, 0.2) is 60.7 Å². The molecule has 1 aromatic heterocycles. The molecule has 6 heteroatoms. The van der Waals surface area contributed by atoms with Crippen LogP contribution in [0.5, 0.6) is 0 Å². The predicted octanol–water partition coefficient (Wildman–Crippen LogP) is 4.34. The molecule has 2 aromatic carbocycles. The fourth-order valence-electron chi connectivity index (χ4n) is 3.22. The number of para-hydroxylation sites is 1. The molecule has 136 valence electrons. The molecule has 0 bridgehead atoms. The van der Waals surface area contributed by atoms with Gasteiger partial charge in [-0.3, -0.25) is 4.79 Å². The average molecular weight is 379 g/mol. The Hall–Kier alpha value is -2.92. The highest BCUT2D eigenvalue weighted by molar-refractivity contribution is 6.30. The highest BCUT2D eigenvalue weighted by Gasteiger charge is 2.24. The Kier molecular flexibility index (Phi) is 5.03. The largest absolute Gasteiger partial charge is 0.365 e. The van der Waals surface area contributed by atoms with Gasteiger partial charge in [0, 0.05) is 23.8 Å². The average Bonchev–Trinajstić information content (AvgIpc) is 2.73. The summed E-state index contributed by atoms with van der Waals surface area (Å²) in [7, 11) is 0. The van der Waals surface area contributed by atoms with Crippen LogP contribution < -0.4 is 10.2 Å². The summed E-state index contributed by atoms with van der Waals surface area (Å²) in [5, 5.41) is 12.2. The molecule has 0 fully saturated rings. The molecule has 1 aliphatic heterocycles. The molecule has 0 saturated heterocycles. The molecule has 1 aliphatic rings. The van der Waals surface area contributed by atoms with Crippen molar-refractivity contribution in [2.24, 2.45) is 0 Å². The number of halogens is 1. The van der Waals surface area contributed by atoms with Gasteiger partial charge in [0.1, 0.15) is 5.82 Å². The SMILES string of the molecule is O=C(c1ccc(NCc2ccc(Cl)cc2)nn1)N1CCCc2ccccc21. The van der Waals surface area contributed by atoms with Gasteiger partial charge in [-0.1, -0.05) is 41.9 Å². The fraction of sp³-hybridized carbons (Fsp3) is 0.190. The molecule has 1 amide bonds. The summed E-state index contributed by atoms with van der Waals surface area (Å²) < 4.78 is 0. The first kappa shape index (κ1) is 17.5.